The lowest BCUT2D eigenvalue weighted by Crippen LogP contribution is -2.31. The Morgan fingerprint density at radius 1 is 0.800 bits per heavy atom. The van der Waals surface area contributed by atoms with Crippen molar-refractivity contribution in [2.75, 3.05) is 4.90 Å². The van der Waals surface area contributed by atoms with Crippen molar-refractivity contribution < 1.29 is 18.3 Å². The molecule has 0 unspecified atom stereocenters. The highest BCUT2D eigenvalue weighted by Gasteiger charge is 2.47. The van der Waals surface area contributed by atoms with Gasteiger partial charge in [-0.1, -0.05) is 65.7 Å². The minimum Gasteiger partial charge on any atom is -0.502 e. The van der Waals surface area contributed by atoms with Gasteiger partial charge >= 0.3 is 0 Å². The number of sulfone groups is 1. The van der Waals surface area contributed by atoms with Crippen LogP contribution >= 0.6 is 0 Å². The lowest BCUT2D eigenvalue weighted by atomic mass is 10.0. The Hall–Kier alpha value is -3.38. The quantitative estimate of drug-likeness (QED) is 0.669. The van der Waals surface area contributed by atoms with Gasteiger partial charge in [0.05, 0.1) is 4.90 Å². The number of rotatable bonds is 4. The van der Waals surface area contributed by atoms with Crippen molar-refractivity contribution in [3.05, 3.63) is 106 Å². The summed E-state index contributed by atoms with van der Waals surface area (Å²) in [4.78, 5) is 14.1. The van der Waals surface area contributed by atoms with Gasteiger partial charge in [0, 0.05) is 5.69 Å². The average Bonchev–Trinajstić information content (AvgIpc) is 3.01. The number of aliphatic hydroxyl groups excluding tert-OH is 1. The molecule has 4 rings (SSSR count). The van der Waals surface area contributed by atoms with Crippen LogP contribution in [0, 0.1) is 13.8 Å². The van der Waals surface area contributed by atoms with Crippen LogP contribution in [0.5, 0.6) is 0 Å². The molecule has 1 heterocycles. The van der Waals surface area contributed by atoms with Gasteiger partial charge in [0.15, 0.2) is 5.76 Å². The van der Waals surface area contributed by atoms with Crippen LogP contribution in [0.15, 0.2) is 94.4 Å². The minimum absolute atomic E-state index is 0.0365. The molecule has 3 aromatic rings. The van der Waals surface area contributed by atoms with Crippen molar-refractivity contribution in [2.24, 2.45) is 0 Å². The van der Waals surface area contributed by atoms with Crippen LogP contribution in [-0.4, -0.2) is 19.4 Å². The van der Waals surface area contributed by atoms with Gasteiger partial charge in [-0.3, -0.25) is 9.69 Å². The Bertz CT molecular complexity index is 1230. The van der Waals surface area contributed by atoms with E-state index in [1.807, 2.05) is 32.0 Å². The molecule has 1 atom stereocenters. The van der Waals surface area contributed by atoms with E-state index in [0.717, 1.165) is 11.1 Å². The number of benzene rings is 3. The molecule has 30 heavy (non-hydrogen) atoms. The van der Waals surface area contributed by atoms with E-state index in [1.165, 1.54) is 17.0 Å². The largest absolute Gasteiger partial charge is 0.502 e. The lowest BCUT2D eigenvalue weighted by Gasteiger charge is -2.27. The van der Waals surface area contributed by atoms with Gasteiger partial charge in [0.25, 0.3) is 5.91 Å². The maximum absolute atomic E-state index is 13.5. The number of hydrogen-bond acceptors (Lipinski definition) is 4. The number of aliphatic hydroxyl groups is 1. The molecule has 0 spiro atoms. The Kier molecular flexibility index (Phi) is 4.95. The Morgan fingerprint density at radius 3 is 1.90 bits per heavy atom. The molecule has 1 amide bonds. The zero-order chi connectivity index (χ0) is 21.5. The summed E-state index contributed by atoms with van der Waals surface area (Å²) in [6.45, 7) is 3.79. The fraction of sp³-hybridized carbons (Fsp3) is 0.125. The fourth-order valence-corrected chi connectivity index (χ4v) is 5.23. The van der Waals surface area contributed by atoms with Gasteiger partial charge in [0.2, 0.25) is 9.84 Å². The number of hydrogen-bond donors (Lipinski definition) is 1. The Morgan fingerprint density at radius 2 is 1.33 bits per heavy atom. The number of amides is 1. The first kappa shape index (κ1) is 19.9. The molecule has 5 nitrogen and oxygen atoms in total. The second-order valence-electron chi connectivity index (χ2n) is 7.35. The van der Waals surface area contributed by atoms with Crippen LogP contribution in [0.25, 0.3) is 0 Å². The number of carbonyl (C=O) groups is 1. The first-order valence-electron chi connectivity index (χ1n) is 9.51. The molecule has 0 aromatic heterocycles. The van der Waals surface area contributed by atoms with Gasteiger partial charge < -0.3 is 5.11 Å². The molecule has 6 heteroatoms. The smallest absolute Gasteiger partial charge is 0.295 e. The summed E-state index contributed by atoms with van der Waals surface area (Å²) in [7, 11) is -4.12. The summed E-state index contributed by atoms with van der Waals surface area (Å²) in [5, 5.41) is 10.7. The number of nitrogens with zero attached hydrogens (tertiary/aromatic N) is 1. The molecular weight excluding hydrogens is 398 g/mol. The summed E-state index contributed by atoms with van der Waals surface area (Å²) in [5.41, 5.74) is 3.03. The molecular formula is C24H21NO4S. The van der Waals surface area contributed by atoms with Crippen molar-refractivity contribution in [1.82, 2.24) is 0 Å². The first-order chi connectivity index (χ1) is 14.3. The zero-order valence-corrected chi connectivity index (χ0v) is 17.4. The van der Waals surface area contributed by atoms with Crippen LogP contribution in [-0.2, 0) is 14.6 Å². The molecule has 152 valence electrons. The average molecular weight is 420 g/mol. The van der Waals surface area contributed by atoms with E-state index < -0.39 is 27.5 Å². The molecule has 0 saturated heterocycles. The topological polar surface area (TPSA) is 74.7 Å². The van der Waals surface area contributed by atoms with Crippen molar-refractivity contribution in [2.45, 2.75) is 24.8 Å². The first-order valence-corrected chi connectivity index (χ1v) is 11.0. The maximum atomic E-state index is 13.5. The third-order valence-corrected chi connectivity index (χ3v) is 7.10. The summed E-state index contributed by atoms with van der Waals surface area (Å²) in [6.07, 6.45) is 0. The number of para-hydroxylation sites is 1. The second kappa shape index (κ2) is 7.46. The van der Waals surface area contributed by atoms with E-state index in [1.54, 1.807) is 48.5 Å². The van der Waals surface area contributed by atoms with Crippen LogP contribution in [0.4, 0.5) is 5.69 Å². The molecule has 0 bridgehead atoms. The highest BCUT2D eigenvalue weighted by molar-refractivity contribution is 7.95. The SMILES string of the molecule is Cc1ccc([C@H]2C(S(=O)(=O)c3ccc(C)cc3)=C(O)C(=O)N2c2ccccc2)cc1. The molecule has 1 N–H and O–H groups in total. The van der Waals surface area contributed by atoms with Crippen molar-refractivity contribution in [1.29, 1.82) is 0 Å². The third kappa shape index (κ3) is 3.29. The van der Waals surface area contributed by atoms with Gasteiger partial charge in [-0.15, -0.1) is 0 Å². The Balaban J connectivity index is 1.94. The highest BCUT2D eigenvalue weighted by atomic mass is 32.2. The van der Waals surface area contributed by atoms with E-state index in [0.29, 0.717) is 11.3 Å². The number of aryl methyl sites for hydroxylation is 2. The third-order valence-electron chi connectivity index (χ3n) is 5.21. The number of anilines is 1. The van der Waals surface area contributed by atoms with Gasteiger partial charge in [-0.05, 0) is 43.7 Å². The monoisotopic (exact) mass is 419 g/mol. The van der Waals surface area contributed by atoms with E-state index >= 15 is 0 Å². The van der Waals surface area contributed by atoms with E-state index in [2.05, 4.69) is 0 Å². The van der Waals surface area contributed by atoms with E-state index in [4.69, 9.17) is 0 Å². The van der Waals surface area contributed by atoms with Crippen LogP contribution < -0.4 is 4.90 Å². The van der Waals surface area contributed by atoms with E-state index in [9.17, 15) is 18.3 Å². The summed E-state index contributed by atoms with van der Waals surface area (Å²) < 4.78 is 27.1. The Labute approximate surface area is 175 Å². The number of carbonyl (C=O) groups excluding carboxylic acids is 1. The van der Waals surface area contributed by atoms with Crippen molar-refractivity contribution in [3.8, 4) is 0 Å². The molecule has 1 aliphatic heterocycles. The maximum Gasteiger partial charge on any atom is 0.295 e. The summed E-state index contributed by atoms with van der Waals surface area (Å²) >= 11 is 0. The van der Waals surface area contributed by atoms with Crippen LogP contribution in [0.3, 0.4) is 0 Å². The highest BCUT2D eigenvalue weighted by Crippen LogP contribution is 2.44. The van der Waals surface area contributed by atoms with Crippen LogP contribution in [0.1, 0.15) is 22.7 Å². The predicted molar refractivity (Wildman–Crippen MR) is 116 cm³/mol. The molecule has 3 aromatic carbocycles. The summed E-state index contributed by atoms with van der Waals surface area (Å²) in [6, 6.07) is 21.4. The molecule has 1 aliphatic rings. The fourth-order valence-electron chi connectivity index (χ4n) is 3.61. The zero-order valence-electron chi connectivity index (χ0n) is 16.6. The van der Waals surface area contributed by atoms with Gasteiger partial charge in [-0.2, -0.15) is 0 Å². The summed E-state index contributed by atoms with van der Waals surface area (Å²) in [5.74, 6) is -1.48. The standard InChI is InChI=1S/C24H21NO4S/c1-16-8-12-18(13-9-16)21-23(30(28,29)20-14-10-17(2)11-15-20)22(26)24(27)25(21)19-6-4-3-5-7-19/h3-15,21,26H,1-2H3/t21-/m0/s1. The van der Waals surface area contributed by atoms with E-state index in [-0.39, 0.29) is 9.80 Å². The van der Waals surface area contributed by atoms with Crippen LogP contribution in [0.2, 0.25) is 0 Å². The second-order valence-corrected chi connectivity index (χ2v) is 9.27. The lowest BCUT2D eigenvalue weighted by molar-refractivity contribution is -0.117. The van der Waals surface area contributed by atoms with Crippen molar-refractivity contribution >= 4 is 21.4 Å². The van der Waals surface area contributed by atoms with Crippen molar-refractivity contribution in [3.63, 3.8) is 0 Å². The molecule has 0 fully saturated rings. The minimum atomic E-state index is -4.12. The van der Waals surface area contributed by atoms with Gasteiger partial charge in [0.1, 0.15) is 10.9 Å². The van der Waals surface area contributed by atoms with Gasteiger partial charge in [-0.25, -0.2) is 8.42 Å². The molecule has 0 saturated carbocycles. The molecule has 0 radical (unpaired) electrons. The normalized spacial score (nSPS) is 16.9. The predicted octanol–water partition coefficient (Wildman–Crippen LogP) is 4.63. The molecule has 0 aliphatic carbocycles.